The van der Waals surface area contributed by atoms with Gasteiger partial charge in [0.1, 0.15) is 28.9 Å². The van der Waals surface area contributed by atoms with E-state index in [0.29, 0.717) is 41.2 Å². The molecule has 6 nitrogen and oxygen atoms in total. The molecule has 0 unspecified atom stereocenters. The lowest BCUT2D eigenvalue weighted by molar-refractivity contribution is 0.0504. The van der Waals surface area contributed by atoms with Crippen LogP contribution in [0, 0.1) is 11.7 Å². The first-order chi connectivity index (χ1) is 16.5. The van der Waals surface area contributed by atoms with Gasteiger partial charge in [0, 0.05) is 17.5 Å². The van der Waals surface area contributed by atoms with Crippen molar-refractivity contribution >= 4 is 27.5 Å². The minimum atomic E-state index is -0.750. The average Bonchev–Trinajstić information content (AvgIpc) is 3.26. The molecule has 34 heavy (non-hydrogen) atoms. The third kappa shape index (κ3) is 4.60. The number of aliphatic hydroxyl groups is 1. The number of hydrogen-bond donors (Lipinski definition) is 1. The summed E-state index contributed by atoms with van der Waals surface area (Å²) in [5.41, 5.74) is 2.65. The number of methoxy groups -OCH3 is 1. The quantitative estimate of drug-likeness (QED) is 0.389. The third-order valence-electron chi connectivity index (χ3n) is 5.80. The van der Waals surface area contributed by atoms with Crippen molar-refractivity contribution in [1.82, 2.24) is 4.98 Å². The van der Waals surface area contributed by atoms with E-state index in [9.17, 15) is 14.3 Å². The van der Waals surface area contributed by atoms with E-state index in [1.165, 1.54) is 30.6 Å². The van der Waals surface area contributed by atoms with Crippen LogP contribution in [0.3, 0.4) is 0 Å². The summed E-state index contributed by atoms with van der Waals surface area (Å²) in [7, 11) is 1.35. The first-order valence-electron chi connectivity index (χ1n) is 10.8. The van der Waals surface area contributed by atoms with Crippen molar-refractivity contribution in [2.24, 2.45) is 5.92 Å². The van der Waals surface area contributed by atoms with E-state index >= 15 is 0 Å². The summed E-state index contributed by atoms with van der Waals surface area (Å²) < 4.78 is 30.9. The van der Waals surface area contributed by atoms with Crippen LogP contribution in [0.15, 0.2) is 60.7 Å². The van der Waals surface area contributed by atoms with E-state index in [0.717, 1.165) is 15.3 Å². The summed E-state index contributed by atoms with van der Waals surface area (Å²) in [4.78, 5) is 16.2. The Balaban J connectivity index is 1.29. The van der Waals surface area contributed by atoms with Crippen molar-refractivity contribution in [1.29, 1.82) is 0 Å². The predicted octanol–water partition coefficient (Wildman–Crippen LogP) is 5.09. The topological polar surface area (TPSA) is 77.9 Å². The second kappa shape index (κ2) is 9.40. The molecule has 0 aliphatic carbocycles. The maximum absolute atomic E-state index is 13.4. The van der Waals surface area contributed by atoms with Gasteiger partial charge in [-0.1, -0.05) is 12.1 Å². The maximum Gasteiger partial charge on any atom is 0.337 e. The van der Waals surface area contributed by atoms with Gasteiger partial charge in [0.05, 0.1) is 35.6 Å². The molecule has 8 heteroatoms. The number of ether oxygens (including phenoxy) is 3. The van der Waals surface area contributed by atoms with Gasteiger partial charge in [-0.3, -0.25) is 0 Å². The van der Waals surface area contributed by atoms with Gasteiger partial charge >= 0.3 is 5.97 Å². The lowest BCUT2D eigenvalue weighted by Crippen LogP contribution is -2.27. The summed E-state index contributed by atoms with van der Waals surface area (Å²) in [6.45, 7) is 0.597. The zero-order valence-corrected chi connectivity index (χ0v) is 19.2. The minimum absolute atomic E-state index is 0.185. The van der Waals surface area contributed by atoms with Crippen LogP contribution in [0.1, 0.15) is 32.6 Å². The molecule has 0 bridgehead atoms. The monoisotopic (exact) mass is 479 g/mol. The molecule has 3 aromatic carbocycles. The van der Waals surface area contributed by atoms with Crippen molar-refractivity contribution in [3.05, 3.63) is 88.2 Å². The highest BCUT2D eigenvalue weighted by molar-refractivity contribution is 7.18. The van der Waals surface area contributed by atoms with Crippen LogP contribution >= 0.6 is 11.3 Å². The fourth-order valence-corrected chi connectivity index (χ4v) is 4.95. The van der Waals surface area contributed by atoms with E-state index in [1.807, 2.05) is 6.07 Å². The third-order valence-corrected chi connectivity index (χ3v) is 6.81. The van der Waals surface area contributed by atoms with E-state index in [4.69, 9.17) is 14.2 Å². The highest BCUT2D eigenvalue weighted by Crippen LogP contribution is 2.39. The average molecular weight is 480 g/mol. The molecule has 2 heterocycles. The summed E-state index contributed by atoms with van der Waals surface area (Å²) >= 11 is 1.45. The highest BCUT2D eigenvalue weighted by Gasteiger charge is 2.30. The zero-order chi connectivity index (χ0) is 23.7. The Morgan fingerprint density at radius 2 is 2.09 bits per heavy atom. The molecule has 2 atom stereocenters. The van der Waals surface area contributed by atoms with Crippen LogP contribution < -0.4 is 9.47 Å². The van der Waals surface area contributed by atoms with Gasteiger partial charge in [-0.05, 0) is 54.4 Å². The number of aliphatic hydroxyl groups excluding tert-OH is 1. The number of nitrogens with zero attached hydrogens (tertiary/aromatic N) is 1. The number of benzene rings is 3. The molecule has 0 amide bonds. The number of carbonyl (C=O) groups is 1. The Morgan fingerprint density at radius 3 is 2.94 bits per heavy atom. The number of hydrogen-bond acceptors (Lipinski definition) is 7. The summed E-state index contributed by atoms with van der Waals surface area (Å²) in [5, 5.41) is 11.8. The van der Waals surface area contributed by atoms with Crippen molar-refractivity contribution in [2.75, 3.05) is 13.7 Å². The van der Waals surface area contributed by atoms with Crippen LogP contribution in [-0.4, -0.2) is 29.8 Å². The Labute approximate surface area is 199 Å². The summed E-state index contributed by atoms with van der Waals surface area (Å²) in [6, 6.07) is 17.1. The van der Waals surface area contributed by atoms with Crippen LogP contribution in [0.2, 0.25) is 0 Å². The number of carbonyl (C=O) groups excluding carboxylic acids is 1. The van der Waals surface area contributed by atoms with Gasteiger partial charge in [-0.2, -0.15) is 0 Å². The fraction of sp³-hybridized carbons (Fsp3) is 0.231. The molecule has 4 aromatic rings. The first-order valence-corrected chi connectivity index (χ1v) is 11.6. The van der Waals surface area contributed by atoms with Crippen LogP contribution in [0.5, 0.6) is 11.5 Å². The summed E-state index contributed by atoms with van der Waals surface area (Å²) in [5.74, 6) is 0.304. The number of aromatic nitrogens is 1. The predicted molar refractivity (Wildman–Crippen MR) is 126 cm³/mol. The van der Waals surface area contributed by atoms with Gasteiger partial charge < -0.3 is 19.3 Å². The molecule has 0 saturated heterocycles. The molecule has 0 fully saturated rings. The van der Waals surface area contributed by atoms with E-state index < -0.39 is 12.1 Å². The molecule has 1 N–H and O–H groups in total. The summed E-state index contributed by atoms with van der Waals surface area (Å²) in [6.07, 6.45) is -0.210. The van der Waals surface area contributed by atoms with Crippen molar-refractivity contribution in [3.63, 3.8) is 0 Å². The molecule has 1 aromatic heterocycles. The van der Waals surface area contributed by atoms with Gasteiger partial charge in [0.2, 0.25) is 0 Å². The Kier molecular flexibility index (Phi) is 6.17. The van der Waals surface area contributed by atoms with Gasteiger partial charge in [-0.25, -0.2) is 14.2 Å². The highest BCUT2D eigenvalue weighted by atomic mass is 32.1. The van der Waals surface area contributed by atoms with Crippen LogP contribution in [0.25, 0.3) is 10.2 Å². The molecule has 5 rings (SSSR count). The number of halogens is 1. The number of esters is 1. The smallest absolute Gasteiger partial charge is 0.337 e. The fourth-order valence-electron chi connectivity index (χ4n) is 4.09. The molecular formula is C26H22FNO5S. The molecule has 1 aliphatic heterocycles. The van der Waals surface area contributed by atoms with E-state index in [2.05, 4.69) is 4.98 Å². The van der Waals surface area contributed by atoms with Gasteiger partial charge in [-0.15, -0.1) is 11.3 Å². The number of rotatable bonds is 6. The van der Waals surface area contributed by atoms with Gasteiger partial charge in [0.25, 0.3) is 0 Å². The first kappa shape index (κ1) is 22.3. The number of fused-ring (bicyclic) bond motifs is 2. The largest absolute Gasteiger partial charge is 0.493 e. The van der Waals surface area contributed by atoms with Crippen molar-refractivity contribution in [2.45, 2.75) is 19.1 Å². The van der Waals surface area contributed by atoms with E-state index in [1.54, 1.807) is 42.5 Å². The van der Waals surface area contributed by atoms with Crippen LogP contribution in [0.4, 0.5) is 4.39 Å². The maximum atomic E-state index is 13.4. The molecular weight excluding hydrogens is 457 g/mol. The Bertz CT molecular complexity index is 1350. The van der Waals surface area contributed by atoms with Crippen LogP contribution in [-0.2, 0) is 17.8 Å². The minimum Gasteiger partial charge on any atom is -0.493 e. The molecule has 174 valence electrons. The van der Waals surface area contributed by atoms with Crippen molar-refractivity contribution in [3.8, 4) is 11.5 Å². The zero-order valence-electron chi connectivity index (χ0n) is 18.4. The lowest BCUT2D eigenvalue weighted by Gasteiger charge is -2.30. The standard InChI is InChI=1S/C26H22FNO5S/c1-31-26(30)16-4-2-3-15(9-16)10-17-13-33-22-7-6-19(12-20(22)25(17)29)32-14-24-28-21-11-18(27)5-8-23(21)34-24/h2-9,11-12,17,25,29H,10,13-14H2,1H3/t17-,25-/m1/s1. The normalized spacial score (nSPS) is 17.1. The second-order valence-electron chi connectivity index (χ2n) is 8.12. The second-order valence-corrected chi connectivity index (χ2v) is 9.24. The molecule has 1 aliphatic rings. The molecule has 0 saturated carbocycles. The van der Waals surface area contributed by atoms with Crippen molar-refractivity contribution < 1.29 is 28.5 Å². The number of thiazole rings is 1. The molecule has 0 radical (unpaired) electrons. The molecule has 0 spiro atoms. The van der Waals surface area contributed by atoms with E-state index in [-0.39, 0.29) is 18.3 Å². The lowest BCUT2D eigenvalue weighted by atomic mass is 9.88. The Hall–Kier alpha value is -3.49. The Morgan fingerprint density at radius 1 is 1.21 bits per heavy atom. The SMILES string of the molecule is COC(=O)c1cccc(C[C@@H]2COc3ccc(OCc4nc5cc(F)ccc5s4)cc3[C@@H]2O)c1. The van der Waals surface area contributed by atoms with Gasteiger partial charge in [0.15, 0.2) is 0 Å².